The van der Waals surface area contributed by atoms with E-state index in [4.69, 9.17) is 21.7 Å². The van der Waals surface area contributed by atoms with Gasteiger partial charge in [-0.15, -0.1) is 0 Å². The Hall–Kier alpha value is -3.20. The van der Waals surface area contributed by atoms with Crippen LogP contribution in [0.25, 0.3) is 0 Å². The van der Waals surface area contributed by atoms with Crippen molar-refractivity contribution in [1.82, 2.24) is 5.32 Å². The number of nitrogens with zero attached hydrogens (tertiary/aromatic N) is 1. The van der Waals surface area contributed by atoms with Crippen LogP contribution in [0.5, 0.6) is 11.5 Å². The minimum Gasteiger partial charge on any atom is -0.496 e. The fourth-order valence-electron chi connectivity index (χ4n) is 2.17. The van der Waals surface area contributed by atoms with Gasteiger partial charge in [0, 0.05) is 5.56 Å². The first-order chi connectivity index (χ1) is 12.9. The van der Waals surface area contributed by atoms with Crippen LogP contribution in [-0.4, -0.2) is 29.7 Å². The lowest BCUT2D eigenvalue weighted by atomic mass is 10.2. The number of thiocarbonyl (C=S) groups is 1. The lowest BCUT2D eigenvalue weighted by Crippen LogP contribution is -2.34. The lowest BCUT2D eigenvalue weighted by molar-refractivity contribution is -0.384. The van der Waals surface area contributed by atoms with E-state index in [0.29, 0.717) is 23.7 Å². The molecule has 0 saturated heterocycles. The van der Waals surface area contributed by atoms with Crippen molar-refractivity contribution in [2.24, 2.45) is 0 Å². The monoisotopic (exact) mass is 389 g/mol. The second-order valence-electron chi connectivity index (χ2n) is 5.42. The van der Waals surface area contributed by atoms with Crippen LogP contribution in [0.1, 0.15) is 23.7 Å². The molecule has 1 amide bonds. The van der Waals surface area contributed by atoms with Crippen LogP contribution >= 0.6 is 12.2 Å². The number of benzene rings is 2. The van der Waals surface area contributed by atoms with Crippen LogP contribution < -0.4 is 20.1 Å². The number of nitro groups is 1. The molecule has 0 bridgehead atoms. The number of nitro benzene ring substituents is 1. The molecule has 0 heterocycles. The van der Waals surface area contributed by atoms with Crippen LogP contribution in [0, 0.1) is 10.1 Å². The third-order valence-electron chi connectivity index (χ3n) is 3.45. The van der Waals surface area contributed by atoms with E-state index >= 15 is 0 Å². The first-order valence-electron chi connectivity index (χ1n) is 8.12. The van der Waals surface area contributed by atoms with Crippen LogP contribution in [0.2, 0.25) is 0 Å². The molecule has 2 N–H and O–H groups in total. The first-order valence-corrected chi connectivity index (χ1v) is 8.53. The Kier molecular flexibility index (Phi) is 7.07. The Morgan fingerprint density at radius 1 is 1.22 bits per heavy atom. The summed E-state index contributed by atoms with van der Waals surface area (Å²) < 4.78 is 10.5. The minimum absolute atomic E-state index is 0.0619. The van der Waals surface area contributed by atoms with Crippen LogP contribution in [-0.2, 0) is 0 Å². The standard InChI is InChI=1S/C18H19N3O5S/c1-3-9-26-14-6-4-5-12(10-14)17(22)20-18(27)19-15-8-7-13(25-2)11-16(15)21(23)24/h4-8,10-11H,3,9H2,1-2H3,(H2,19,20,22,27). The van der Waals surface area contributed by atoms with Gasteiger partial charge >= 0.3 is 0 Å². The van der Waals surface area contributed by atoms with Gasteiger partial charge in [-0.25, -0.2) is 0 Å². The van der Waals surface area contributed by atoms with Crippen molar-refractivity contribution in [2.45, 2.75) is 13.3 Å². The van der Waals surface area contributed by atoms with Crippen molar-refractivity contribution >= 4 is 34.6 Å². The average Bonchev–Trinajstić information content (AvgIpc) is 2.66. The maximum absolute atomic E-state index is 12.3. The van der Waals surface area contributed by atoms with Crippen molar-refractivity contribution in [3.63, 3.8) is 0 Å². The average molecular weight is 389 g/mol. The van der Waals surface area contributed by atoms with Gasteiger partial charge in [0.25, 0.3) is 11.6 Å². The van der Waals surface area contributed by atoms with Gasteiger partial charge < -0.3 is 14.8 Å². The molecule has 0 unspecified atom stereocenters. The van der Waals surface area contributed by atoms with E-state index in [0.717, 1.165) is 6.42 Å². The summed E-state index contributed by atoms with van der Waals surface area (Å²) in [6.07, 6.45) is 0.852. The van der Waals surface area contributed by atoms with Gasteiger partial charge in [-0.2, -0.15) is 0 Å². The highest BCUT2D eigenvalue weighted by Gasteiger charge is 2.17. The molecule has 8 nitrogen and oxygen atoms in total. The Morgan fingerprint density at radius 3 is 2.67 bits per heavy atom. The Bertz CT molecular complexity index is 857. The number of amides is 1. The molecule has 0 radical (unpaired) electrons. The third-order valence-corrected chi connectivity index (χ3v) is 3.65. The van der Waals surface area contributed by atoms with E-state index in [1.165, 1.54) is 19.2 Å². The Morgan fingerprint density at radius 2 is 2.00 bits per heavy atom. The number of ether oxygens (including phenoxy) is 2. The molecule has 2 aromatic rings. The predicted octanol–water partition coefficient (Wildman–Crippen LogP) is 3.52. The normalized spacial score (nSPS) is 10.0. The van der Waals surface area contributed by atoms with E-state index < -0.39 is 10.8 Å². The second-order valence-corrected chi connectivity index (χ2v) is 5.83. The second kappa shape index (κ2) is 9.48. The largest absolute Gasteiger partial charge is 0.496 e. The molecule has 0 atom stereocenters. The highest BCUT2D eigenvalue weighted by molar-refractivity contribution is 7.80. The molecule has 142 valence electrons. The van der Waals surface area contributed by atoms with Crippen LogP contribution in [0.3, 0.4) is 0 Å². The summed E-state index contributed by atoms with van der Waals surface area (Å²) >= 11 is 5.09. The predicted molar refractivity (Wildman–Crippen MR) is 106 cm³/mol. The molecule has 0 aliphatic carbocycles. The minimum atomic E-state index is -0.566. The van der Waals surface area contributed by atoms with E-state index in [2.05, 4.69) is 10.6 Å². The number of anilines is 1. The summed E-state index contributed by atoms with van der Waals surface area (Å²) in [4.78, 5) is 23.0. The van der Waals surface area contributed by atoms with Crippen molar-refractivity contribution in [3.8, 4) is 11.5 Å². The van der Waals surface area contributed by atoms with E-state index in [1.54, 1.807) is 30.3 Å². The zero-order valence-corrected chi connectivity index (χ0v) is 15.7. The van der Waals surface area contributed by atoms with Crippen molar-refractivity contribution < 1.29 is 19.2 Å². The summed E-state index contributed by atoms with van der Waals surface area (Å²) in [7, 11) is 1.41. The quantitative estimate of drug-likeness (QED) is 0.424. The summed E-state index contributed by atoms with van der Waals surface area (Å²) in [5.74, 6) is 0.464. The molecular weight excluding hydrogens is 370 g/mol. The topological polar surface area (TPSA) is 103 Å². The fraction of sp³-hybridized carbons (Fsp3) is 0.222. The zero-order chi connectivity index (χ0) is 19.8. The number of methoxy groups -OCH3 is 1. The van der Waals surface area contributed by atoms with Crippen molar-refractivity contribution in [1.29, 1.82) is 0 Å². The maximum Gasteiger partial charge on any atom is 0.296 e. The lowest BCUT2D eigenvalue weighted by Gasteiger charge is -2.11. The van der Waals surface area contributed by atoms with Gasteiger partial charge in [-0.05, 0) is 49.0 Å². The number of nitrogens with one attached hydrogen (secondary N) is 2. The number of carbonyl (C=O) groups excluding carboxylic acids is 1. The number of hydrogen-bond donors (Lipinski definition) is 2. The molecule has 2 aromatic carbocycles. The van der Waals surface area contributed by atoms with Gasteiger partial charge in [0.2, 0.25) is 0 Å². The fourth-order valence-corrected chi connectivity index (χ4v) is 2.37. The first kappa shape index (κ1) is 20.1. The Balaban J connectivity index is 2.07. The summed E-state index contributed by atoms with van der Waals surface area (Å²) in [5.41, 5.74) is 0.282. The molecule has 0 aromatic heterocycles. The smallest absolute Gasteiger partial charge is 0.296 e. The maximum atomic E-state index is 12.3. The van der Waals surface area contributed by atoms with Crippen molar-refractivity contribution in [3.05, 3.63) is 58.1 Å². The molecule has 0 saturated carbocycles. The Labute approximate surface area is 161 Å². The van der Waals surface area contributed by atoms with E-state index in [1.807, 2.05) is 6.92 Å². The molecule has 2 rings (SSSR count). The number of rotatable bonds is 7. The van der Waals surface area contributed by atoms with Gasteiger partial charge in [-0.3, -0.25) is 20.2 Å². The van der Waals surface area contributed by atoms with Crippen LogP contribution in [0.15, 0.2) is 42.5 Å². The highest BCUT2D eigenvalue weighted by Crippen LogP contribution is 2.28. The van der Waals surface area contributed by atoms with Crippen LogP contribution in [0.4, 0.5) is 11.4 Å². The van der Waals surface area contributed by atoms with Crippen molar-refractivity contribution in [2.75, 3.05) is 19.0 Å². The van der Waals surface area contributed by atoms with E-state index in [-0.39, 0.29) is 16.5 Å². The summed E-state index contributed by atoms with van der Waals surface area (Å²) in [6, 6.07) is 10.9. The van der Waals surface area contributed by atoms with Gasteiger partial charge in [-0.1, -0.05) is 13.0 Å². The molecule has 9 heteroatoms. The van der Waals surface area contributed by atoms with Gasteiger partial charge in [0.05, 0.1) is 24.7 Å². The molecule has 0 aliphatic heterocycles. The molecule has 0 aliphatic rings. The zero-order valence-electron chi connectivity index (χ0n) is 14.9. The number of carbonyl (C=O) groups is 1. The van der Waals surface area contributed by atoms with E-state index in [9.17, 15) is 14.9 Å². The molecule has 27 heavy (non-hydrogen) atoms. The van der Waals surface area contributed by atoms with Gasteiger partial charge in [0.15, 0.2) is 5.11 Å². The third kappa shape index (κ3) is 5.65. The summed E-state index contributed by atoms with van der Waals surface area (Å²) in [5, 5.41) is 16.3. The highest BCUT2D eigenvalue weighted by atomic mass is 32.1. The molecular formula is C18H19N3O5S. The number of hydrogen-bond acceptors (Lipinski definition) is 6. The van der Waals surface area contributed by atoms with Gasteiger partial charge in [0.1, 0.15) is 17.2 Å². The SMILES string of the molecule is CCCOc1cccc(C(=O)NC(=S)Nc2ccc(OC)cc2[N+](=O)[O-])c1. The summed E-state index contributed by atoms with van der Waals surface area (Å²) in [6.45, 7) is 2.53. The molecule has 0 fully saturated rings. The molecule has 0 spiro atoms.